The molecule has 1 aliphatic rings. The molecule has 1 amide bonds. The molecule has 2 N–H and O–H groups in total. The fourth-order valence-corrected chi connectivity index (χ4v) is 3.02. The van der Waals surface area contributed by atoms with Gasteiger partial charge in [-0.2, -0.15) is 0 Å². The minimum absolute atomic E-state index is 0.137. The van der Waals surface area contributed by atoms with Crippen molar-refractivity contribution in [3.63, 3.8) is 0 Å². The Bertz CT molecular complexity index is 760. The highest BCUT2D eigenvalue weighted by Gasteiger charge is 2.30. The van der Waals surface area contributed by atoms with Gasteiger partial charge in [0, 0.05) is 12.1 Å². The van der Waals surface area contributed by atoms with E-state index in [1.807, 2.05) is 11.8 Å². The molecule has 2 aromatic rings. The summed E-state index contributed by atoms with van der Waals surface area (Å²) in [5.41, 5.74) is 6.83. The summed E-state index contributed by atoms with van der Waals surface area (Å²) in [6.07, 6.45) is 1.71. The number of primary amides is 1. The van der Waals surface area contributed by atoms with Crippen LogP contribution in [0.15, 0.2) is 22.6 Å². The lowest BCUT2D eigenvalue weighted by molar-refractivity contribution is -0.122. The number of hydrogen-bond acceptors (Lipinski definition) is 5. The monoisotopic (exact) mass is 333 g/mol. The number of carbonyl (C=O) groups is 1. The second-order valence-corrected chi connectivity index (χ2v) is 5.90. The number of likely N-dealkylation sites (tertiary alicyclic amines) is 1. The molecule has 0 unspecified atom stereocenters. The Morgan fingerprint density at radius 2 is 2.33 bits per heavy atom. The highest BCUT2D eigenvalue weighted by Crippen LogP contribution is 2.28. The van der Waals surface area contributed by atoms with E-state index in [0.717, 1.165) is 25.1 Å². The van der Waals surface area contributed by atoms with Gasteiger partial charge in [0.2, 0.25) is 11.8 Å². The minimum Gasteiger partial charge on any atom is -0.494 e. The minimum atomic E-state index is -0.439. The van der Waals surface area contributed by atoms with Crippen molar-refractivity contribution >= 4 is 5.91 Å². The smallest absolute Gasteiger partial charge is 0.234 e. The molecule has 2 heterocycles. The molecule has 128 valence electrons. The lowest BCUT2D eigenvalue weighted by Crippen LogP contribution is -2.39. The average molecular weight is 333 g/mol. The van der Waals surface area contributed by atoms with Crippen molar-refractivity contribution in [3.8, 4) is 17.2 Å². The van der Waals surface area contributed by atoms with Crippen molar-refractivity contribution in [2.75, 3.05) is 13.7 Å². The zero-order valence-corrected chi connectivity index (χ0v) is 13.7. The lowest BCUT2D eigenvalue weighted by Gasteiger charge is -2.20. The maximum atomic E-state index is 13.5. The molecule has 1 aliphatic heterocycles. The van der Waals surface area contributed by atoms with Crippen LogP contribution in [0.1, 0.15) is 24.3 Å². The molecule has 6 nitrogen and oxygen atoms in total. The Hall–Kier alpha value is -2.41. The summed E-state index contributed by atoms with van der Waals surface area (Å²) in [6.45, 7) is 3.13. The molecule has 24 heavy (non-hydrogen) atoms. The van der Waals surface area contributed by atoms with Gasteiger partial charge in [-0.3, -0.25) is 9.69 Å². The Morgan fingerprint density at radius 1 is 1.54 bits per heavy atom. The normalized spacial score (nSPS) is 18.0. The van der Waals surface area contributed by atoms with E-state index in [2.05, 4.69) is 4.98 Å². The highest BCUT2D eigenvalue weighted by molar-refractivity contribution is 5.80. The van der Waals surface area contributed by atoms with Crippen molar-refractivity contribution in [3.05, 3.63) is 35.5 Å². The number of hydrogen-bond donors (Lipinski definition) is 1. The van der Waals surface area contributed by atoms with Crippen molar-refractivity contribution in [1.29, 1.82) is 0 Å². The maximum Gasteiger partial charge on any atom is 0.234 e. The molecular formula is C17H20FN3O3. The van der Waals surface area contributed by atoms with Crippen LogP contribution in [0, 0.1) is 12.7 Å². The van der Waals surface area contributed by atoms with Gasteiger partial charge in [-0.15, -0.1) is 0 Å². The van der Waals surface area contributed by atoms with Crippen LogP contribution in [-0.2, 0) is 11.3 Å². The number of oxazole rings is 1. The van der Waals surface area contributed by atoms with Gasteiger partial charge >= 0.3 is 0 Å². The molecule has 1 fully saturated rings. The predicted molar refractivity (Wildman–Crippen MR) is 85.8 cm³/mol. The van der Waals surface area contributed by atoms with E-state index in [0.29, 0.717) is 23.8 Å². The summed E-state index contributed by atoms with van der Waals surface area (Å²) in [5, 5.41) is 0. The van der Waals surface area contributed by atoms with E-state index >= 15 is 0 Å². The first-order valence-corrected chi connectivity index (χ1v) is 7.83. The van der Waals surface area contributed by atoms with E-state index in [1.54, 1.807) is 12.1 Å². The Balaban J connectivity index is 1.84. The molecule has 3 rings (SSSR count). The summed E-state index contributed by atoms with van der Waals surface area (Å²) < 4.78 is 24.2. The van der Waals surface area contributed by atoms with Crippen LogP contribution in [0.25, 0.3) is 11.5 Å². The molecule has 7 heteroatoms. The molecule has 1 aromatic heterocycles. The molecule has 1 saturated heterocycles. The fraction of sp³-hybridized carbons (Fsp3) is 0.412. The number of nitrogens with two attached hydrogens (primary N) is 1. The van der Waals surface area contributed by atoms with Crippen LogP contribution in [0.2, 0.25) is 0 Å². The molecule has 0 spiro atoms. The second kappa shape index (κ2) is 6.60. The number of benzene rings is 1. The van der Waals surface area contributed by atoms with E-state index in [1.165, 1.54) is 13.2 Å². The Kier molecular flexibility index (Phi) is 4.53. The summed E-state index contributed by atoms with van der Waals surface area (Å²) in [6, 6.07) is 4.20. The van der Waals surface area contributed by atoms with Crippen molar-refractivity contribution in [1.82, 2.24) is 9.88 Å². The van der Waals surface area contributed by atoms with E-state index in [9.17, 15) is 9.18 Å². The number of ether oxygens (including phenoxy) is 1. The first-order valence-electron chi connectivity index (χ1n) is 7.83. The van der Waals surface area contributed by atoms with Crippen LogP contribution >= 0.6 is 0 Å². The van der Waals surface area contributed by atoms with Crippen LogP contribution in [0.5, 0.6) is 5.75 Å². The zero-order chi connectivity index (χ0) is 17.3. The molecular weight excluding hydrogens is 313 g/mol. The number of amides is 1. The number of methoxy groups -OCH3 is 1. The van der Waals surface area contributed by atoms with Crippen molar-refractivity contribution in [2.45, 2.75) is 32.4 Å². The number of rotatable bonds is 5. The fourth-order valence-electron chi connectivity index (χ4n) is 3.02. The maximum absolute atomic E-state index is 13.5. The molecule has 0 saturated carbocycles. The van der Waals surface area contributed by atoms with E-state index < -0.39 is 5.82 Å². The largest absolute Gasteiger partial charge is 0.494 e. The third-order valence-corrected chi connectivity index (χ3v) is 4.34. The zero-order valence-electron chi connectivity index (χ0n) is 13.7. The van der Waals surface area contributed by atoms with Crippen LogP contribution in [0.4, 0.5) is 4.39 Å². The Labute approximate surface area is 139 Å². The van der Waals surface area contributed by atoms with Gasteiger partial charge in [0.1, 0.15) is 5.76 Å². The van der Waals surface area contributed by atoms with Crippen molar-refractivity contribution < 1.29 is 18.3 Å². The number of halogens is 1. The topological polar surface area (TPSA) is 81.6 Å². The standard InChI is InChI=1S/C17H20FN3O3/c1-10-13(9-21-7-3-4-14(21)16(19)22)20-17(24-10)11-5-6-12(18)15(8-11)23-2/h5-6,8,14H,3-4,7,9H2,1-2H3,(H2,19,22)/t14-/m0/s1. The van der Waals surface area contributed by atoms with E-state index in [4.69, 9.17) is 14.9 Å². The summed E-state index contributed by atoms with van der Waals surface area (Å²) in [5.74, 6) is 0.459. The van der Waals surface area contributed by atoms with Gasteiger partial charge in [-0.05, 0) is 44.5 Å². The number of carbonyl (C=O) groups excluding carboxylic acids is 1. The first-order chi connectivity index (χ1) is 11.5. The SMILES string of the molecule is COc1cc(-c2nc(CN3CCC[C@H]3C(N)=O)c(C)o2)ccc1F. The van der Waals surface area contributed by atoms with Crippen molar-refractivity contribution in [2.24, 2.45) is 5.73 Å². The van der Waals surface area contributed by atoms with Gasteiger partial charge < -0.3 is 14.9 Å². The van der Waals surface area contributed by atoms with Gasteiger partial charge in [0.15, 0.2) is 11.6 Å². The molecule has 0 bridgehead atoms. The Morgan fingerprint density at radius 3 is 3.04 bits per heavy atom. The lowest BCUT2D eigenvalue weighted by atomic mass is 10.2. The van der Waals surface area contributed by atoms with Gasteiger partial charge in [-0.1, -0.05) is 0 Å². The molecule has 1 atom stereocenters. The predicted octanol–water partition coefficient (Wildman–Crippen LogP) is 2.25. The molecule has 0 radical (unpaired) electrons. The average Bonchev–Trinajstić information content (AvgIpc) is 3.15. The number of aromatic nitrogens is 1. The van der Waals surface area contributed by atoms with Gasteiger partial charge in [0.25, 0.3) is 0 Å². The molecule has 0 aliphatic carbocycles. The van der Waals surface area contributed by atoms with Gasteiger partial charge in [-0.25, -0.2) is 9.37 Å². The third kappa shape index (κ3) is 3.12. The second-order valence-electron chi connectivity index (χ2n) is 5.90. The van der Waals surface area contributed by atoms with Crippen LogP contribution in [0.3, 0.4) is 0 Å². The summed E-state index contributed by atoms with van der Waals surface area (Å²) >= 11 is 0. The quantitative estimate of drug-likeness (QED) is 0.907. The highest BCUT2D eigenvalue weighted by atomic mass is 19.1. The van der Waals surface area contributed by atoms with Crippen LogP contribution in [-0.4, -0.2) is 35.5 Å². The van der Waals surface area contributed by atoms with E-state index in [-0.39, 0.29) is 17.7 Å². The molecule has 1 aromatic carbocycles. The number of aryl methyl sites for hydroxylation is 1. The first kappa shape index (κ1) is 16.4. The van der Waals surface area contributed by atoms with Gasteiger partial charge in [0.05, 0.1) is 18.8 Å². The summed E-state index contributed by atoms with van der Waals surface area (Å²) in [7, 11) is 1.41. The number of nitrogens with zero attached hydrogens (tertiary/aromatic N) is 2. The third-order valence-electron chi connectivity index (χ3n) is 4.34. The van der Waals surface area contributed by atoms with Crippen LogP contribution < -0.4 is 10.5 Å². The summed E-state index contributed by atoms with van der Waals surface area (Å²) in [4.78, 5) is 18.0.